The Labute approximate surface area is 126 Å². The zero-order chi connectivity index (χ0) is 14.9. The van der Waals surface area contributed by atoms with Crippen LogP contribution in [0.1, 0.15) is 35.2 Å². The first kappa shape index (κ1) is 15.5. The first-order chi connectivity index (χ1) is 9.29. The second-order valence-electron chi connectivity index (χ2n) is 4.99. The smallest absolute Gasteiger partial charge is 0.338 e. The number of halogens is 1. The van der Waals surface area contributed by atoms with Gasteiger partial charge in [-0.3, -0.25) is 0 Å². The summed E-state index contributed by atoms with van der Waals surface area (Å²) in [5.41, 5.74) is 0.657. The van der Waals surface area contributed by atoms with Crippen LogP contribution in [0, 0.1) is 12.8 Å². The number of rotatable bonds is 5. The van der Waals surface area contributed by atoms with Crippen LogP contribution in [0.25, 0.3) is 0 Å². The predicted molar refractivity (Wildman–Crippen MR) is 77.9 cm³/mol. The first-order valence-corrected chi connectivity index (χ1v) is 8.63. The summed E-state index contributed by atoms with van der Waals surface area (Å²) in [6.45, 7) is 1.98. The summed E-state index contributed by atoms with van der Waals surface area (Å²) in [5.74, 6) is 0.142. The number of nitrogens with two attached hydrogens (primary N) is 1. The van der Waals surface area contributed by atoms with Crippen molar-refractivity contribution in [3.8, 4) is 0 Å². The third kappa shape index (κ3) is 3.80. The van der Waals surface area contributed by atoms with Crippen molar-refractivity contribution in [2.24, 2.45) is 11.1 Å². The van der Waals surface area contributed by atoms with Crippen LogP contribution in [-0.4, -0.2) is 21.0 Å². The molecule has 0 heterocycles. The van der Waals surface area contributed by atoms with Gasteiger partial charge in [0, 0.05) is 4.47 Å². The molecule has 1 fully saturated rings. The Kier molecular flexibility index (Phi) is 4.51. The van der Waals surface area contributed by atoms with Crippen molar-refractivity contribution in [1.82, 2.24) is 0 Å². The van der Waals surface area contributed by atoms with E-state index >= 15 is 0 Å². The molecular formula is C13H16BrNO4S. The van der Waals surface area contributed by atoms with E-state index in [0.717, 1.165) is 6.42 Å². The average molecular weight is 362 g/mol. The fourth-order valence-electron chi connectivity index (χ4n) is 1.88. The molecule has 0 spiro atoms. The van der Waals surface area contributed by atoms with Gasteiger partial charge in [-0.2, -0.15) is 0 Å². The van der Waals surface area contributed by atoms with E-state index in [4.69, 9.17) is 9.88 Å². The fourth-order valence-corrected chi connectivity index (χ4v) is 3.29. The maximum Gasteiger partial charge on any atom is 0.338 e. The molecule has 1 aromatic carbocycles. The van der Waals surface area contributed by atoms with Crippen LogP contribution >= 0.6 is 15.9 Å². The summed E-state index contributed by atoms with van der Waals surface area (Å²) in [7, 11) is -3.87. The number of ether oxygens (including phenoxy) is 1. The lowest BCUT2D eigenvalue weighted by Gasteiger charge is -2.09. The highest BCUT2D eigenvalue weighted by molar-refractivity contribution is 9.10. The van der Waals surface area contributed by atoms with Crippen molar-refractivity contribution in [2.45, 2.75) is 31.1 Å². The van der Waals surface area contributed by atoms with Crippen molar-refractivity contribution >= 4 is 31.9 Å². The predicted octanol–water partition coefficient (Wildman–Crippen LogP) is 2.36. The number of sulfonamides is 1. The molecule has 1 aliphatic carbocycles. The van der Waals surface area contributed by atoms with Crippen molar-refractivity contribution in [1.29, 1.82) is 0 Å². The third-order valence-electron chi connectivity index (χ3n) is 3.30. The number of hydrogen-bond donors (Lipinski definition) is 1. The molecule has 20 heavy (non-hydrogen) atoms. The molecule has 0 radical (unpaired) electrons. The Morgan fingerprint density at radius 1 is 1.45 bits per heavy atom. The van der Waals surface area contributed by atoms with E-state index in [1.807, 2.05) is 0 Å². The summed E-state index contributed by atoms with van der Waals surface area (Å²) >= 11 is 3.23. The van der Waals surface area contributed by atoms with E-state index in [1.165, 1.54) is 18.9 Å². The molecule has 7 heteroatoms. The molecule has 110 valence electrons. The quantitative estimate of drug-likeness (QED) is 0.815. The van der Waals surface area contributed by atoms with Crippen LogP contribution in [0.3, 0.4) is 0 Å². The maximum absolute atomic E-state index is 11.9. The van der Waals surface area contributed by atoms with Gasteiger partial charge in [-0.1, -0.05) is 28.8 Å². The van der Waals surface area contributed by atoms with E-state index < -0.39 is 16.0 Å². The zero-order valence-corrected chi connectivity index (χ0v) is 13.5. The molecule has 0 aromatic heterocycles. The van der Waals surface area contributed by atoms with E-state index in [9.17, 15) is 13.2 Å². The minimum Gasteiger partial charge on any atom is -0.462 e. The van der Waals surface area contributed by atoms with Crippen LogP contribution in [0.5, 0.6) is 0 Å². The molecule has 1 aromatic rings. The standard InChI is InChI=1S/C13H16BrNO4S/c1-8-11(14)6-10(7-12(8)20(15,17)18)13(16)19-5-4-9-2-3-9/h6-7,9H,2-5H2,1H3,(H2,15,17,18). The molecule has 2 rings (SSSR count). The largest absolute Gasteiger partial charge is 0.462 e. The van der Waals surface area contributed by atoms with Gasteiger partial charge in [0.2, 0.25) is 10.0 Å². The van der Waals surface area contributed by atoms with Gasteiger partial charge in [-0.25, -0.2) is 18.4 Å². The number of hydrogen-bond acceptors (Lipinski definition) is 4. The van der Waals surface area contributed by atoms with Crippen molar-refractivity contribution in [2.75, 3.05) is 6.61 Å². The number of primary sulfonamides is 1. The van der Waals surface area contributed by atoms with Crippen molar-refractivity contribution < 1.29 is 17.9 Å². The molecule has 0 aliphatic heterocycles. The number of carbonyl (C=O) groups is 1. The van der Waals surface area contributed by atoms with E-state index in [2.05, 4.69) is 15.9 Å². The minimum absolute atomic E-state index is 0.0685. The van der Waals surface area contributed by atoms with Crippen molar-refractivity contribution in [3.63, 3.8) is 0 Å². The Morgan fingerprint density at radius 3 is 2.65 bits per heavy atom. The molecule has 0 saturated heterocycles. The fraction of sp³-hybridized carbons (Fsp3) is 0.462. The van der Waals surface area contributed by atoms with Crippen LogP contribution in [-0.2, 0) is 14.8 Å². The summed E-state index contributed by atoms with van der Waals surface area (Å²) < 4.78 is 28.7. The van der Waals surface area contributed by atoms with Crippen LogP contribution in [0.2, 0.25) is 0 Å². The van der Waals surface area contributed by atoms with Gasteiger partial charge >= 0.3 is 5.97 Å². The maximum atomic E-state index is 11.9. The Morgan fingerprint density at radius 2 is 2.10 bits per heavy atom. The highest BCUT2D eigenvalue weighted by Crippen LogP contribution is 2.32. The molecule has 1 aliphatic rings. The Hall–Kier alpha value is -0.920. The summed E-state index contributed by atoms with van der Waals surface area (Å²) in [4.78, 5) is 11.8. The molecule has 0 bridgehead atoms. The average Bonchev–Trinajstić information content (AvgIpc) is 3.14. The van der Waals surface area contributed by atoms with Gasteiger partial charge in [-0.05, 0) is 37.0 Å². The summed E-state index contributed by atoms with van der Waals surface area (Å²) in [6, 6.07) is 2.80. The van der Waals surface area contributed by atoms with Gasteiger partial charge in [0.05, 0.1) is 17.1 Å². The number of esters is 1. The summed E-state index contributed by atoms with van der Waals surface area (Å²) in [5, 5.41) is 5.14. The normalized spacial score (nSPS) is 15.2. The molecule has 1 saturated carbocycles. The van der Waals surface area contributed by atoms with Gasteiger partial charge in [0.1, 0.15) is 0 Å². The SMILES string of the molecule is Cc1c(Br)cc(C(=O)OCCC2CC2)cc1S(N)(=O)=O. The first-order valence-electron chi connectivity index (χ1n) is 6.29. The Bertz CT molecular complexity index is 638. The molecule has 0 amide bonds. The van der Waals surface area contributed by atoms with E-state index in [1.54, 1.807) is 13.0 Å². The van der Waals surface area contributed by atoms with E-state index in [0.29, 0.717) is 22.6 Å². The lowest BCUT2D eigenvalue weighted by molar-refractivity contribution is 0.0494. The molecule has 2 N–H and O–H groups in total. The third-order valence-corrected chi connectivity index (χ3v) is 5.16. The highest BCUT2D eigenvalue weighted by Gasteiger charge is 2.22. The Balaban J connectivity index is 2.18. The van der Waals surface area contributed by atoms with Gasteiger partial charge in [0.15, 0.2) is 0 Å². The van der Waals surface area contributed by atoms with Crippen LogP contribution in [0.15, 0.2) is 21.5 Å². The lowest BCUT2D eigenvalue weighted by Crippen LogP contribution is -2.16. The lowest BCUT2D eigenvalue weighted by atomic mass is 10.1. The minimum atomic E-state index is -3.87. The van der Waals surface area contributed by atoms with Crippen LogP contribution in [0.4, 0.5) is 0 Å². The monoisotopic (exact) mass is 361 g/mol. The number of carbonyl (C=O) groups excluding carboxylic acids is 1. The van der Waals surface area contributed by atoms with Crippen LogP contribution < -0.4 is 5.14 Å². The van der Waals surface area contributed by atoms with Gasteiger partial charge in [-0.15, -0.1) is 0 Å². The van der Waals surface area contributed by atoms with E-state index in [-0.39, 0.29) is 10.5 Å². The highest BCUT2D eigenvalue weighted by atomic mass is 79.9. The second-order valence-corrected chi connectivity index (χ2v) is 7.38. The summed E-state index contributed by atoms with van der Waals surface area (Å²) in [6.07, 6.45) is 3.26. The topological polar surface area (TPSA) is 86.5 Å². The molecule has 5 nitrogen and oxygen atoms in total. The van der Waals surface area contributed by atoms with Gasteiger partial charge < -0.3 is 4.74 Å². The zero-order valence-electron chi connectivity index (χ0n) is 11.1. The van der Waals surface area contributed by atoms with Gasteiger partial charge in [0.25, 0.3) is 0 Å². The molecular weight excluding hydrogens is 346 g/mol. The number of benzene rings is 1. The van der Waals surface area contributed by atoms with Crippen molar-refractivity contribution in [3.05, 3.63) is 27.7 Å². The second kappa shape index (κ2) is 5.83. The molecule has 0 atom stereocenters. The molecule has 0 unspecified atom stereocenters.